The third-order valence-corrected chi connectivity index (χ3v) is 2.87. The molecule has 0 heterocycles. The molecule has 1 aromatic carbocycles. The Morgan fingerprint density at radius 3 is 2.10 bits per heavy atom. The van der Waals surface area contributed by atoms with Crippen molar-refractivity contribution in [2.75, 3.05) is 5.32 Å². The summed E-state index contributed by atoms with van der Waals surface area (Å²) in [6.45, 7) is 4.59. The van der Waals surface area contributed by atoms with Gasteiger partial charge in [0.25, 0.3) is 0 Å². The van der Waals surface area contributed by atoms with E-state index in [9.17, 15) is 22.8 Å². The van der Waals surface area contributed by atoms with Crippen molar-refractivity contribution in [2.24, 2.45) is 11.3 Å². The Kier molecular flexibility index (Phi) is 4.65. The molecule has 0 aliphatic heterocycles. The van der Waals surface area contributed by atoms with Crippen molar-refractivity contribution in [1.82, 2.24) is 0 Å². The van der Waals surface area contributed by atoms with Gasteiger partial charge in [0.15, 0.2) is 0 Å². The van der Waals surface area contributed by atoms with Crippen LogP contribution in [0.1, 0.15) is 26.3 Å². The number of anilines is 1. The number of benzene rings is 1. The van der Waals surface area contributed by atoms with E-state index in [1.165, 1.54) is 32.9 Å². The van der Waals surface area contributed by atoms with E-state index < -0.39 is 40.6 Å². The first-order valence-corrected chi connectivity index (χ1v) is 6.14. The van der Waals surface area contributed by atoms with E-state index in [0.29, 0.717) is 0 Å². The Balaban J connectivity index is 3.12. The second-order valence-corrected chi connectivity index (χ2v) is 5.67. The molecule has 0 radical (unpaired) electrons. The summed E-state index contributed by atoms with van der Waals surface area (Å²) in [7, 11) is 0. The van der Waals surface area contributed by atoms with Crippen LogP contribution in [0.3, 0.4) is 0 Å². The van der Waals surface area contributed by atoms with Crippen LogP contribution in [0.4, 0.5) is 18.9 Å². The van der Waals surface area contributed by atoms with Gasteiger partial charge in [0.05, 0.1) is 11.3 Å². The first-order valence-electron chi connectivity index (χ1n) is 6.14. The van der Waals surface area contributed by atoms with Crippen LogP contribution in [0.15, 0.2) is 24.3 Å². The minimum Gasteiger partial charge on any atom is -0.481 e. The van der Waals surface area contributed by atoms with Gasteiger partial charge in [0.1, 0.15) is 5.92 Å². The van der Waals surface area contributed by atoms with Gasteiger partial charge in [-0.25, -0.2) is 0 Å². The maximum absolute atomic E-state index is 12.8. The summed E-state index contributed by atoms with van der Waals surface area (Å²) in [5, 5.41) is 11.2. The number of carbonyl (C=O) groups is 2. The van der Waals surface area contributed by atoms with Gasteiger partial charge in [-0.15, -0.1) is 0 Å². The zero-order valence-corrected chi connectivity index (χ0v) is 11.8. The smallest absolute Gasteiger partial charge is 0.418 e. The fourth-order valence-corrected chi connectivity index (χ4v) is 1.92. The van der Waals surface area contributed by atoms with Gasteiger partial charge in [-0.1, -0.05) is 32.9 Å². The van der Waals surface area contributed by atoms with Crippen molar-refractivity contribution in [3.63, 3.8) is 0 Å². The molecule has 0 spiro atoms. The van der Waals surface area contributed by atoms with Crippen LogP contribution in [0.25, 0.3) is 0 Å². The minimum atomic E-state index is -4.63. The Labute approximate surface area is 120 Å². The molecule has 0 aliphatic carbocycles. The van der Waals surface area contributed by atoms with E-state index >= 15 is 0 Å². The van der Waals surface area contributed by atoms with Gasteiger partial charge >= 0.3 is 12.1 Å². The maximum Gasteiger partial charge on any atom is 0.418 e. The number of halogens is 3. The molecule has 0 fully saturated rings. The Morgan fingerprint density at radius 2 is 1.67 bits per heavy atom. The van der Waals surface area contributed by atoms with Crippen LogP contribution in [0.2, 0.25) is 0 Å². The third-order valence-electron chi connectivity index (χ3n) is 2.87. The predicted molar refractivity (Wildman–Crippen MR) is 70.7 cm³/mol. The largest absolute Gasteiger partial charge is 0.481 e. The second kappa shape index (κ2) is 5.75. The number of aliphatic carboxylic acids is 1. The van der Waals surface area contributed by atoms with Gasteiger partial charge in [-0.2, -0.15) is 13.2 Å². The molecule has 1 atom stereocenters. The fourth-order valence-electron chi connectivity index (χ4n) is 1.92. The van der Waals surface area contributed by atoms with Crippen molar-refractivity contribution >= 4 is 17.6 Å². The molecule has 1 unspecified atom stereocenters. The molecule has 0 saturated carbocycles. The number of rotatable bonds is 3. The molecule has 1 amide bonds. The van der Waals surface area contributed by atoms with E-state index in [1.807, 2.05) is 0 Å². The highest BCUT2D eigenvalue weighted by molar-refractivity contribution is 6.05. The Bertz CT molecular complexity index is 547. The van der Waals surface area contributed by atoms with Crippen LogP contribution in [-0.4, -0.2) is 17.0 Å². The Hall–Kier alpha value is -2.05. The molecule has 0 aromatic heterocycles. The summed E-state index contributed by atoms with van der Waals surface area (Å²) in [6, 6.07) is 4.43. The number of amides is 1. The number of alkyl halides is 3. The van der Waals surface area contributed by atoms with Crippen LogP contribution in [0.5, 0.6) is 0 Å². The van der Waals surface area contributed by atoms with Gasteiger partial charge in [0.2, 0.25) is 5.91 Å². The lowest BCUT2D eigenvalue weighted by Gasteiger charge is -2.26. The van der Waals surface area contributed by atoms with Crippen molar-refractivity contribution in [2.45, 2.75) is 26.9 Å². The summed E-state index contributed by atoms with van der Waals surface area (Å²) >= 11 is 0. The zero-order valence-electron chi connectivity index (χ0n) is 11.8. The zero-order chi connectivity index (χ0) is 16.4. The first kappa shape index (κ1) is 17.0. The number of carbonyl (C=O) groups excluding carboxylic acids is 1. The second-order valence-electron chi connectivity index (χ2n) is 5.67. The molecule has 0 saturated heterocycles. The monoisotopic (exact) mass is 303 g/mol. The van der Waals surface area contributed by atoms with E-state index in [0.717, 1.165) is 12.1 Å². The average Bonchev–Trinajstić information content (AvgIpc) is 2.25. The van der Waals surface area contributed by atoms with E-state index in [2.05, 4.69) is 5.32 Å². The number of carboxylic acids is 1. The van der Waals surface area contributed by atoms with Gasteiger partial charge in [0, 0.05) is 0 Å². The molecule has 7 heteroatoms. The number of para-hydroxylation sites is 1. The average molecular weight is 303 g/mol. The number of carboxylic acid groups (broad SMARTS) is 1. The summed E-state index contributed by atoms with van der Waals surface area (Å²) < 4.78 is 38.5. The third kappa shape index (κ3) is 4.21. The molecule has 0 bridgehead atoms. The number of nitrogens with one attached hydrogen (secondary N) is 1. The van der Waals surface area contributed by atoms with E-state index in [-0.39, 0.29) is 0 Å². The standard InChI is InChI=1S/C14H16F3NO3/c1-13(2,3)10(12(20)21)11(19)18-9-7-5-4-6-8(9)14(15,16)17/h4-7,10H,1-3H3,(H,18,19)(H,20,21). The molecular weight excluding hydrogens is 287 g/mol. The number of hydrogen-bond acceptors (Lipinski definition) is 2. The van der Waals surface area contributed by atoms with Crippen molar-refractivity contribution in [3.05, 3.63) is 29.8 Å². The van der Waals surface area contributed by atoms with Crippen LogP contribution < -0.4 is 5.32 Å². The molecule has 2 N–H and O–H groups in total. The van der Waals surface area contributed by atoms with Gasteiger partial charge < -0.3 is 10.4 Å². The van der Waals surface area contributed by atoms with Crippen molar-refractivity contribution < 1.29 is 27.9 Å². The molecule has 116 valence electrons. The summed E-state index contributed by atoms with van der Waals surface area (Å²) in [4.78, 5) is 23.2. The minimum absolute atomic E-state index is 0.453. The van der Waals surface area contributed by atoms with E-state index in [4.69, 9.17) is 5.11 Å². The predicted octanol–water partition coefficient (Wildman–Crippen LogP) is 3.39. The van der Waals surface area contributed by atoms with Crippen LogP contribution in [0, 0.1) is 11.3 Å². The summed E-state index contributed by atoms with van der Waals surface area (Å²) in [5.41, 5.74) is -2.40. The Morgan fingerprint density at radius 1 is 1.14 bits per heavy atom. The topological polar surface area (TPSA) is 66.4 Å². The van der Waals surface area contributed by atoms with Crippen molar-refractivity contribution in [3.8, 4) is 0 Å². The quantitative estimate of drug-likeness (QED) is 0.841. The lowest BCUT2D eigenvalue weighted by atomic mass is 9.80. The fraction of sp³-hybridized carbons (Fsp3) is 0.429. The SMILES string of the molecule is CC(C)(C)C(C(=O)O)C(=O)Nc1ccccc1C(F)(F)F. The molecule has 1 rings (SSSR count). The first-order chi connectivity index (χ1) is 9.44. The molecule has 4 nitrogen and oxygen atoms in total. The van der Waals surface area contributed by atoms with Crippen LogP contribution >= 0.6 is 0 Å². The van der Waals surface area contributed by atoms with Crippen LogP contribution in [-0.2, 0) is 15.8 Å². The molecule has 1 aromatic rings. The lowest BCUT2D eigenvalue weighted by molar-refractivity contribution is -0.149. The highest BCUT2D eigenvalue weighted by Gasteiger charge is 2.39. The highest BCUT2D eigenvalue weighted by atomic mass is 19.4. The molecule has 0 aliphatic rings. The van der Waals surface area contributed by atoms with Crippen molar-refractivity contribution in [1.29, 1.82) is 0 Å². The van der Waals surface area contributed by atoms with Gasteiger partial charge in [-0.05, 0) is 17.5 Å². The normalized spacial score (nSPS) is 13.6. The van der Waals surface area contributed by atoms with E-state index in [1.54, 1.807) is 0 Å². The summed E-state index contributed by atoms with van der Waals surface area (Å²) in [6.07, 6.45) is -4.63. The van der Waals surface area contributed by atoms with Gasteiger partial charge in [-0.3, -0.25) is 9.59 Å². The summed E-state index contributed by atoms with van der Waals surface area (Å²) in [5.74, 6) is -3.82. The molecule has 21 heavy (non-hydrogen) atoms. The maximum atomic E-state index is 12.8. The molecular formula is C14H16F3NO3. The highest BCUT2D eigenvalue weighted by Crippen LogP contribution is 2.35. The lowest BCUT2D eigenvalue weighted by Crippen LogP contribution is -2.39. The number of hydrogen-bond donors (Lipinski definition) is 2.